The minimum atomic E-state index is 0.637. The summed E-state index contributed by atoms with van der Waals surface area (Å²) >= 11 is 3.47. The average molecular weight is 241 g/mol. The van der Waals surface area contributed by atoms with Gasteiger partial charge >= 0.3 is 0 Å². The average Bonchev–Trinajstić information content (AvgIpc) is 2.52. The maximum atomic E-state index is 5.48. The largest absolute Gasteiger partial charge is 0.443 e. The molecule has 1 aromatic carbocycles. The van der Waals surface area contributed by atoms with E-state index in [-0.39, 0.29) is 0 Å². The molecular weight excluding hydrogens is 232 g/mol. The van der Waals surface area contributed by atoms with Crippen molar-refractivity contribution < 1.29 is 4.42 Å². The Morgan fingerprint density at radius 2 is 2.31 bits per heavy atom. The van der Waals surface area contributed by atoms with Gasteiger partial charge in [-0.1, -0.05) is 15.9 Å². The van der Waals surface area contributed by atoms with E-state index in [1.54, 1.807) is 0 Å². The highest BCUT2D eigenvalue weighted by atomic mass is 79.9. The van der Waals surface area contributed by atoms with E-state index < -0.39 is 0 Å². The Morgan fingerprint density at radius 1 is 1.46 bits per heavy atom. The molecule has 0 saturated heterocycles. The van der Waals surface area contributed by atoms with Crippen LogP contribution in [0.2, 0.25) is 0 Å². The number of rotatable bonds is 2. The van der Waals surface area contributed by atoms with Crippen molar-refractivity contribution >= 4 is 27.0 Å². The van der Waals surface area contributed by atoms with Crippen molar-refractivity contribution in [1.82, 2.24) is 4.98 Å². The van der Waals surface area contributed by atoms with E-state index in [9.17, 15) is 0 Å². The van der Waals surface area contributed by atoms with Gasteiger partial charge in [0.15, 0.2) is 12.0 Å². The van der Waals surface area contributed by atoms with Gasteiger partial charge in [0, 0.05) is 4.47 Å². The third kappa shape index (κ3) is 1.59. The van der Waals surface area contributed by atoms with Crippen molar-refractivity contribution in [3.63, 3.8) is 0 Å². The summed E-state index contributed by atoms with van der Waals surface area (Å²) in [5, 5.41) is 0. The molecule has 0 aliphatic heterocycles. The van der Waals surface area contributed by atoms with Gasteiger partial charge in [0.2, 0.25) is 0 Å². The van der Waals surface area contributed by atoms with E-state index in [4.69, 9.17) is 10.2 Å². The molecule has 1 heterocycles. The maximum absolute atomic E-state index is 5.48. The number of hydrogen-bond acceptors (Lipinski definition) is 3. The van der Waals surface area contributed by atoms with Crippen LogP contribution in [0.15, 0.2) is 27.4 Å². The predicted molar refractivity (Wildman–Crippen MR) is 54.5 cm³/mol. The molecule has 4 heteroatoms. The highest BCUT2D eigenvalue weighted by Crippen LogP contribution is 2.23. The highest BCUT2D eigenvalue weighted by molar-refractivity contribution is 9.10. The van der Waals surface area contributed by atoms with Crippen LogP contribution in [0.4, 0.5) is 0 Å². The summed E-state index contributed by atoms with van der Waals surface area (Å²) in [6.45, 7) is 0.637. The van der Waals surface area contributed by atoms with Crippen molar-refractivity contribution in [2.75, 3.05) is 6.54 Å². The fourth-order valence-corrected chi connectivity index (χ4v) is 1.80. The molecule has 3 nitrogen and oxygen atoms in total. The number of oxazole rings is 1. The van der Waals surface area contributed by atoms with Gasteiger partial charge in [-0.2, -0.15) is 0 Å². The standard InChI is InChI=1S/C9H9BrN2O/c10-7-4-8-9(13-5-12-8)3-6(7)1-2-11/h3-5H,1-2,11H2. The zero-order valence-corrected chi connectivity index (χ0v) is 8.54. The molecule has 68 valence electrons. The van der Waals surface area contributed by atoms with Gasteiger partial charge in [-0.15, -0.1) is 0 Å². The number of benzene rings is 1. The Hall–Kier alpha value is -0.870. The van der Waals surface area contributed by atoms with E-state index in [0.717, 1.165) is 27.6 Å². The second-order valence-electron chi connectivity index (χ2n) is 2.80. The van der Waals surface area contributed by atoms with Crippen molar-refractivity contribution in [1.29, 1.82) is 0 Å². The topological polar surface area (TPSA) is 52.0 Å². The summed E-state index contributed by atoms with van der Waals surface area (Å²) in [6, 6.07) is 3.92. The Morgan fingerprint density at radius 3 is 3.08 bits per heavy atom. The summed E-state index contributed by atoms with van der Waals surface area (Å²) in [4.78, 5) is 4.05. The van der Waals surface area contributed by atoms with Crippen LogP contribution in [-0.2, 0) is 6.42 Å². The molecule has 0 fully saturated rings. The van der Waals surface area contributed by atoms with Gasteiger partial charge in [-0.25, -0.2) is 4.98 Å². The summed E-state index contributed by atoms with van der Waals surface area (Å²) < 4.78 is 6.23. The second kappa shape index (κ2) is 3.47. The number of nitrogens with two attached hydrogens (primary N) is 1. The number of fused-ring (bicyclic) bond motifs is 1. The summed E-state index contributed by atoms with van der Waals surface area (Å²) in [5.41, 5.74) is 8.32. The summed E-state index contributed by atoms with van der Waals surface area (Å²) in [5.74, 6) is 0. The van der Waals surface area contributed by atoms with Crippen LogP contribution in [0, 0.1) is 0 Å². The Bertz CT molecular complexity index is 424. The quantitative estimate of drug-likeness (QED) is 0.875. The third-order valence-corrected chi connectivity index (χ3v) is 2.65. The molecule has 0 spiro atoms. The van der Waals surface area contributed by atoms with Gasteiger partial charge in [-0.3, -0.25) is 0 Å². The second-order valence-corrected chi connectivity index (χ2v) is 3.66. The van der Waals surface area contributed by atoms with Gasteiger partial charge in [0.1, 0.15) is 5.52 Å². The maximum Gasteiger partial charge on any atom is 0.181 e. The van der Waals surface area contributed by atoms with E-state index >= 15 is 0 Å². The fraction of sp³-hybridized carbons (Fsp3) is 0.222. The number of aromatic nitrogens is 1. The first-order chi connectivity index (χ1) is 6.31. The summed E-state index contributed by atoms with van der Waals surface area (Å²) in [7, 11) is 0. The SMILES string of the molecule is NCCc1cc2ocnc2cc1Br. The molecule has 13 heavy (non-hydrogen) atoms. The molecule has 2 aromatic rings. The first kappa shape index (κ1) is 8.72. The zero-order valence-electron chi connectivity index (χ0n) is 6.96. The lowest BCUT2D eigenvalue weighted by Gasteiger charge is -2.00. The van der Waals surface area contributed by atoms with Gasteiger partial charge in [-0.05, 0) is 30.7 Å². The summed E-state index contributed by atoms with van der Waals surface area (Å²) in [6.07, 6.45) is 2.29. The van der Waals surface area contributed by atoms with Crippen LogP contribution in [0.3, 0.4) is 0 Å². The smallest absolute Gasteiger partial charge is 0.181 e. The fourth-order valence-electron chi connectivity index (χ4n) is 1.27. The van der Waals surface area contributed by atoms with Crippen molar-refractivity contribution in [2.45, 2.75) is 6.42 Å². The Balaban J connectivity index is 2.56. The molecule has 0 unspecified atom stereocenters. The minimum Gasteiger partial charge on any atom is -0.443 e. The lowest BCUT2D eigenvalue weighted by molar-refractivity contribution is 0.601. The van der Waals surface area contributed by atoms with E-state index in [1.807, 2.05) is 12.1 Å². The molecule has 1 aromatic heterocycles. The molecule has 0 amide bonds. The Kier molecular flexibility index (Phi) is 2.33. The lowest BCUT2D eigenvalue weighted by atomic mass is 10.1. The molecule has 0 radical (unpaired) electrons. The molecular formula is C9H9BrN2O. The first-order valence-corrected chi connectivity index (χ1v) is 4.82. The minimum absolute atomic E-state index is 0.637. The van der Waals surface area contributed by atoms with Gasteiger partial charge in [0.05, 0.1) is 0 Å². The van der Waals surface area contributed by atoms with E-state index in [2.05, 4.69) is 20.9 Å². The first-order valence-electron chi connectivity index (χ1n) is 4.03. The molecule has 2 rings (SSSR count). The molecule has 2 N–H and O–H groups in total. The van der Waals surface area contributed by atoms with Crippen LogP contribution >= 0.6 is 15.9 Å². The van der Waals surface area contributed by atoms with Crippen LogP contribution in [-0.4, -0.2) is 11.5 Å². The highest BCUT2D eigenvalue weighted by Gasteiger charge is 2.04. The molecule has 0 aliphatic rings. The van der Waals surface area contributed by atoms with Crippen molar-refractivity contribution in [3.05, 3.63) is 28.6 Å². The lowest BCUT2D eigenvalue weighted by Crippen LogP contribution is -2.03. The number of halogens is 1. The monoisotopic (exact) mass is 240 g/mol. The number of hydrogen-bond donors (Lipinski definition) is 1. The van der Waals surface area contributed by atoms with Gasteiger partial charge < -0.3 is 10.2 Å². The molecule has 0 aliphatic carbocycles. The van der Waals surface area contributed by atoms with Crippen molar-refractivity contribution in [2.24, 2.45) is 5.73 Å². The molecule has 0 saturated carbocycles. The normalized spacial score (nSPS) is 10.9. The third-order valence-electron chi connectivity index (χ3n) is 1.91. The predicted octanol–water partition coefficient (Wildman–Crippen LogP) is 2.09. The van der Waals surface area contributed by atoms with Crippen molar-refractivity contribution in [3.8, 4) is 0 Å². The molecule has 0 atom stereocenters. The number of nitrogens with zero attached hydrogens (tertiary/aromatic N) is 1. The molecule has 0 bridgehead atoms. The Labute approximate surface area is 84.1 Å². The van der Waals surface area contributed by atoms with Crippen LogP contribution in [0.1, 0.15) is 5.56 Å². The van der Waals surface area contributed by atoms with E-state index in [1.165, 1.54) is 6.39 Å². The zero-order chi connectivity index (χ0) is 9.26. The van der Waals surface area contributed by atoms with E-state index in [0.29, 0.717) is 6.54 Å². The van der Waals surface area contributed by atoms with Crippen LogP contribution < -0.4 is 5.73 Å². The van der Waals surface area contributed by atoms with Crippen LogP contribution in [0.25, 0.3) is 11.1 Å². The van der Waals surface area contributed by atoms with Crippen LogP contribution in [0.5, 0.6) is 0 Å². The van der Waals surface area contributed by atoms with Gasteiger partial charge in [0.25, 0.3) is 0 Å².